The van der Waals surface area contributed by atoms with E-state index in [4.69, 9.17) is 27.9 Å². The molecule has 0 atom stereocenters. The third kappa shape index (κ3) is 2.48. The van der Waals surface area contributed by atoms with Crippen LogP contribution in [0.4, 0.5) is 11.6 Å². The fourth-order valence-electron chi connectivity index (χ4n) is 2.60. The molecule has 116 valence electrons. The summed E-state index contributed by atoms with van der Waals surface area (Å²) >= 11 is 12.4. The number of aromatic amines is 2. The van der Waals surface area contributed by atoms with Gasteiger partial charge in [0.2, 0.25) is 5.95 Å². The molecule has 0 unspecified atom stereocenters. The monoisotopic (exact) mass is 346 g/mol. The lowest BCUT2D eigenvalue weighted by molar-refractivity contribution is 0.419. The molecular formula is C16H12Cl2N4O. The summed E-state index contributed by atoms with van der Waals surface area (Å²) in [6.45, 7) is 0. The standard InChI is InChI=1S/C16H12Cl2N4O/c1-23-14-5-8(17)4-13-15(14)22-16(21-13)20-9-6-11(18)10-2-3-19-12(10)7-9/h2-7,19H,1H3,(H2,20,21,22). The molecule has 0 fully saturated rings. The van der Waals surface area contributed by atoms with Crippen LogP contribution in [0.15, 0.2) is 36.5 Å². The number of fused-ring (bicyclic) bond motifs is 2. The minimum Gasteiger partial charge on any atom is -0.494 e. The van der Waals surface area contributed by atoms with E-state index in [1.807, 2.05) is 24.4 Å². The first-order valence-electron chi connectivity index (χ1n) is 6.91. The lowest BCUT2D eigenvalue weighted by Gasteiger charge is -2.04. The number of aromatic nitrogens is 3. The van der Waals surface area contributed by atoms with Gasteiger partial charge < -0.3 is 20.0 Å². The average molecular weight is 347 g/mol. The van der Waals surface area contributed by atoms with E-state index in [1.54, 1.807) is 19.2 Å². The number of benzene rings is 2. The van der Waals surface area contributed by atoms with Gasteiger partial charge in [-0.15, -0.1) is 0 Å². The quantitative estimate of drug-likeness (QED) is 0.483. The van der Waals surface area contributed by atoms with Crippen molar-refractivity contribution in [2.45, 2.75) is 0 Å². The molecule has 23 heavy (non-hydrogen) atoms. The summed E-state index contributed by atoms with van der Waals surface area (Å²) in [6.07, 6.45) is 1.86. The van der Waals surface area contributed by atoms with Crippen molar-refractivity contribution in [2.75, 3.05) is 12.4 Å². The van der Waals surface area contributed by atoms with Crippen LogP contribution in [0.1, 0.15) is 0 Å². The number of methoxy groups -OCH3 is 1. The summed E-state index contributed by atoms with van der Waals surface area (Å²) in [6, 6.07) is 9.30. The lowest BCUT2D eigenvalue weighted by atomic mass is 10.2. The van der Waals surface area contributed by atoms with E-state index in [0.29, 0.717) is 27.3 Å². The smallest absolute Gasteiger partial charge is 0.205 e. The Morgan fingerprint density at radius 1 is 1.13 bits per heavy atom. The van der Waals surface area contributed by atoms with Crippen LogP contribution in [-0.2, 0) is 0 Å². The molecule has 2 heterocycles. The minimum atomic E-state index is 0.584. The van der Waals surface area contributed by atoms with Crippen molar-refractivity contribution in [3.05, 3.63) is 46.6 Å². The number of hydrogen-bond acceptors (Lipinski definition) is 3. The maximum Gasteiger partial charge on any atom is 0.205 e. The Morgan fingerprint density at radius 2 is 2.00 bits per heavy atom. The Balaban J connectivity index is 1.76. The Bertz CT molecular complexity index is 1020. The molecule has 0 radical (unpaired) electrons. The van der Waals surface area contributed by atoms with Crippen molar-refractivity contribution >= 4 is 56.8 Å². The van der Waals surface area contributed by atoms with Crippen LogP contribution in [0, 0.1) is 0 Å². The molecule has 5 nitrogen and oxygen atoms in total. The predicted octanol–water partition coefficient (Wildman–Crippen LogP) is 5.10. The Morgan fingerprint density at radius 3 is 2.83 bits per heavy atom. The number of hydrogen-bond donors (Lipinski definition) is 3. The Hall–Kier alpha value is -2.37. The largest absolute Gasteiger partial charge is 0.494 e. The van der Waals surface area contributed by atoms with Crippen LogP contribution < -0.4 is 10.1 Å². The lowest BCUT2D eigenvalue weighted by Crippen LogP contribution is -1.92. The summed E-state index contributed by atoms with van der Waals surface area (Å²) in [5.74, 6) is 1.21. The van der Waals surface area contributed by atoms with Crippen LogP contribution in [0.5, 0.6) is 5.75 Å². The van der Waals surface area contributed by atoms with Crippen LogP contribution in [0.3, 0.4) is 0 Å². The van der Waals surface area contributed by atoms with E-state index >= 15 is 0 Å². The van der Waals surface area contributed by atoms with E-state index in [2.05, 4.69) is 20.3 Å². The molecule has 2 aromatic carbocycles. The summed E-state index contributed by atoms with van der Waals surface area (Å²) < 4.78 is 5.32. The highest BCUT2D eigenvalue weighted by atomic mass is 35.5. The van der Waals surface area contributed by atoms with Crippen molar-refractivity contribution in [3.63, 3.8) is 0 Å². The number of rotatable bonds is 3. The molecule has 0 saturated carbocycles. The molecule has 0 saturated heterocycles. The van der Waals surface area contributed by atoms with Gasteiger partial charge in [0.05, 0.1) is 17.6 Å². The van der Waals surface area contributed by atoms with Gasteiger partial charge >= 0.3 is 0 Å². The Labute approximate surface area is 141 Å². The first-order valence-corrected chi connectivity index (χ1v) is 7.66. The summed E-state index contributed by atoms with van der Waals surface area (Å²) in [5.41, 5.74) is 3.29. The van der Waals surface area contributed by atoms with Gasteiger partial charge in [-0.2, -0.15) is 0 Å². The molecule has 0 spiro atoms. The fraction of sp³-hybridized carbons (Fsp3) is 0.0625. The second-order valence-corrected chi connectivity index (χ2v) is 5.96. The van der Waals surface area contributed by atoms with Crippen molar-refractivity contribution < 1.29 is 4.74 Å². The van der Waals surface area contributed by atoms with Crippen LogP contribution in [-0.4, -0.2) is 22.1 Å². The van der Waals surface area contributed by atoms with E-state index in [9.17, 15) is 0 Å². The molecule has 2 aromatic heterocycles. The number of H-pyrrole nitrogens is 2. The van der Waals surface area contributed by atoms with Gasteiger partial charge in [0.15, 0.2) is 0 Å². The highest BCUT2D eigenvalue weighted by molar-refractivity contribution is 6.35. The van der Waals surface area contributed by atoms with E-state index in [-0.39, 0.29) is 0 Å². The molecule has 0 aliphatic rings. The van der Waals surface area contributed by atoms with Gasteiger partial charge in [-0.1, -0.05) is 23.2 Å². The van der Waals surface area contributed by atoms with Crippen molar-refractivity contribution in [1.29, 1.82) is 0 Å². The maximum atomic E-state index is 6.29. The third-order valence-corrected chi connectivity index (χ3v) is 4.15. The van der Waals surface area contributed by atoms with Crippen LogP contribution in [0.2, 0.25) is 10.0 Å². The van der Waals surface area contributed by atoms with Gasteiger partial charge in [0.25, 0.3) is 0 Å². The molecule has 0 amide bonds. The minimum absolute atomic E-state index is 0.584. The third-order valence-electron chi connectivity index (χ3n) is 3.62. The zero-order chi connectivity index (χ0) is 16.0. The highest BCUT2D eigenvalue weighted by Crippen LogP contribution is 2.31. The van der Waals surface area contributed by atoms with Gasteiger partial charge in [0.1, 0.15) is 11.3 Å². The summed E-state index contributed by atoms with van der Waals surface area (Å²) in [4.78, 5) is 10.8. The van der Waals surface area contributed by atoms with Gasteiger partial charge in [-0.25, -0.2) is 4.98 Å². The zero-order valence-electron chi connectivity index (χ0n) is 12.1. The number of halogens is 2. The van der Waals surface area contributed by atoms with Crippen LogP contribution in [0.25, 0.3) is 21.9 Å². The number of nitrogens with zero attached hydrogens (tertiary/aromatic N) is 1. The van der Waals surface area contributed by atoms with Crippen molar-refractivity contribution in [3.8, 4) is 5.75 Å². The van der Waals surface area contributed by atoms with Crippen molar-refractivity contribution in [1.82, 2.24) is 15.0 Å². The molecular weight excluding hydrogens is 335 g/mol. The van der Waals surface area contributed by atoms with E-state index in [1.165, 1.54) is 0 Å². The van der Waals surface area contributed by atoms with Gasteiger partial charge in [-0.3, -0.25) is 0 Å². The SMILES string of the molecule is COc1cc(Cl)cc2[nH]c(Nc3cc(Cl)c4cc[nH]c4c3)nc12. The molecule has 3 N–H and O–H groups in total. The summed E-state index contributed by atoms with van der Waals surface area (Å²) in [5, 5.41) is 5.45. The normalized spacial score (nSPS) is 11.3. The van der Waals surface area contributed by atoms with Crippen molar-refractivity contribution in [2.24, 2.45) is 0 Å². The zero-order valence-corrected chi connectivity index (χ0v) is 13.6. The highest BCUT2D eigenvalue weighted by Gasteiger charge is 2.11. The predicted molar refractivity (Wildman–Crippen MR) is 94.2 cm³/mol. The fourth-order valence-corrected chi connectivity index (χ4v) is 3.09. The molecule has 7 heteroatoms. The Kier molecular flexibility index (Phi) is 3.32. The number of nitrogens with one attached hydrogen (secondary N) is 3. The maximum absolute atomic E-state index is 6.29. The molecule has 0 aliphatic carbocycles. The second-order valence-electron chi connectivity index (χ2n) is 5.11. The topological polar surface area (TPSA) is 65.7 Å². The van der Waals surface area contributed by atoms with Gasteiger partial charge in [0, 0.05) is 33.9 Å². The van der Waals surface area contributed by atoms with Gasteiger partial charge in [-0.05, 0) is 24.3 Å². The first-order chi connectivity index (χ1) is 11.1. The first kappa shape index (κ1) is 14.2. The molecule has 0 aliphatic heterocycles. The van der Waals surface area contributed by atoms with Crippen LogP contribution >= 0.6 is 23.2 Å². The number of ether oxygens (including phenoxy) is 1. The number of anilines is 2. The molecule has 4 aromatic rings. The number of imidazole rings is 1. The average Bonchev–Trinajstić information content (AvgIpc) is 3.12. The van der Waals surface area contributed by atoms with E-state index in [0.717, 1.165) is 22.1 Å². The molecule has 0 bridgehead atoms. The molecule has 4 rings (SSSR count). The second kappa shape index (κ2) is 5.37. The van der Waals surface area contributed by atoms with E-state index < -0.39 is 0 Å². The summed E-state index contributed by atoms with van der Waals surface area (Å²) in [7, 11) is 1.59.